The van der Waals surface area contributed by atoms with Crippen LogP contribution in [0.3, 0.4) is 0 Å². The van der Waals surface area contributed by atoms with E-state index in [9.17, 15) is 0 Å². The van der Waals surface area contributed by atoms with Crippen molar-refractivity contribution in [1.29, 1.82) is 0 Å². The molecule has 0 spiro atoms. The van der Waals surface area contributed by atoms with Gasteiger partial charge in [-0.2, -0.15) is 0 Å². The molecule has 1 aromatic carbocycles. The molecule has 2 rings (SSSR count). The number of hydrogen-bond donors (Lipinski definition) is 1. The minimum Gasteiger partial charge on any atom is -0.493 e. The Labute approximate surface area is 121 Å². The molecule has 1 saturated heterocycles. The van der Waals surface area contributed by atoms with Crippen molar-refractivity contribution in [2.75, 3.05) is 26.9 Å². The fraction of sp³-hybridized carbons (Fsp3) is 0.625. The molecule has 0 aliphatic carbocycles. The molecule has 0 atom stereocenters. The molecule has 0 amide bonds. The van der Waals surface area contributed by atoms with Gasteiger partial charge in [0.15, 0.2) is 11.5 Å². The molecule has 0 bridgehead atoms. The number of ether oxygens (including phenoxy) is 3. The largest absolute Gasteiger partial charge is 0.493 e. The van der Waals surface area contributed by atoms with Crippen LogP contribution in [0.15, 0.2) is 18.2 Å². The third-order valence-electron chi connectivity index (χ3n) is 3.84. The summed E-state index contributed by atoms with van der Waals surface area (Å²) >= 11 is 0. The monoisotopic (exact) mass is 279 g/mol. The Morgan fingerprint density at radius 3 is 2.65 bits per heavy atom. The van der Waals surface area contributed by atoms with Gasteiger partial charge < -0.3 is 19.5 Å². The van der Waals surface area contributed by atoms with E-state index in [4.69, 9.17) is 14.2 Å². The molecule has 1 fully saturated rings. The van der Waals surface area contributed by atoms with Crippen molar-refractivity contribution in [2.24, 2.45) is 0 Å². The maximum absolute atomic E-state index is 5.54. The summed E-state index contributed by atoms with van der Waals surface area (Å²) in [4.78, 5) is 0. The lowest BCUT2D eigenvalue weighted by Gasteiger charge is -2.34. The number of methoxy groups -OCH3 is 1. The Kier molecular flexibility index (Phi) is 5.26. The Morgan fingerprint density at radius 2 is 2.00 bits per heavy atom. The minimum atomic E-state index is 0.171. The highest BCUT2D eigenvalue weighted by Gasteiger charge is 2.26. The number of nitrogens with one attached hydrogen (secondary N) is 1. The molecule has 0 saturated carbocycles. The predicted molar refractivity (Wildman–Crippen MR) is 79.5 cm³/mol. The van der Waals surface area contributed by atoms with E-state index in [0.717, 1.165) is 44.1 Å². The van der Waals surface area contributed by atoms with Crippen LogP contribution in [-0.4, -0.2) is 32.5 Å². The van der Waals surface area contributed by atoms with Gasteiger partial charge in [-0.1, -0.05) is 6.07 Å². The van der Waals surface area contributed by atoms with Crippen LogP contribution in [0.4, 0.5) is 0 Å². The van der Waals surface area contributed by atoms with Crippen LogP contribution in [0.1, 0.15) is 32.3 Å². The van der Waals surface area contributed by atoms with Crippen LogP contribution in [0, 0.1) is 0 Å². The molecule has 0 unspecified atom stereocenters. The van der Waals surface area contributed by atoms with E-state index in [2.05, 4.69) is 18.3 Å². The van der Waals surface area contributed by atoms with Crippen LogP contribution >= 0.6 is 0 Å². The van der Waals surface area contributed by atoms with Crippen LogP contribution in [0.5, 0.6) is 11.5 Å². The Morgan fingerprint density at radius 1 is 1.25 bits per heavy atom. The van der Waals surface area contributed by atoms with E-state index in [0.29, 0.717) is 6.61 Å². The summed E-state index contributed by atoms with van der Waals surface area (Å²) in [5.41, 5.74) is 1.38. The molecule has 1 aliphatic heterocycles. The molecular formula is C16H25NO3. The second-order valence-corrected chi connectivity index (χ2v) is 5.44. The zero-order valence-electron chi connectivity index (χ0n) is 12.7. The molecule has 4 nitrogen and oxygen atoms in total. The Hall–Kier alpha value is -1.26. The van der Waals surface area contributed by atoms with E-state index in [1.54, 1.807) is 7.11 Å². The van der Waals surface area contributed by atoms with Gasteiger partial charge in [0, 0.05) is 25.3 Å². The summed E-state index contributed by atoms with van der Waals surface area (Å²) in [5.74, 6) is 1.60. The maximum atomic E-state index is 5.54. The highest BCUT2D eigenvalue weighted by atomic mass is 16.5. The molecule has 1 N–H and O–H groups in total. The van der Waals surface area contributed by atoms with Gasteiger partial charge in [0.1, 0.15) is 0 Å². The highest BCUT2D eigenvalue weighted by Crippen LogP contribution is 2.28. The SMILES string of the molecule is CCOc1ccc(CNC2(C)CCOCC2)cc1OC. The molecule has 4 heteroatoms. The van der Waals surface area contributed by atoms with Gasteiger partial charge in [-0.25, -0.2) is 0 Å². The molecule has 112 valence electrons. The van der Waals surface area contributed by atoms with Crippen molar-refractivity contribution in [1.82, 2.24) is 5.32 Å². The van der Waals surface area contributed by atoms with Gasteiger partial charge in [0.25, 0.3) is 0 Å². The second kappa shape index (κ2) is 6.95. The second-order valence-electron chi connectivity index (χ2n) is 5.44. The number of hydrogen-bond acceptors (Lipinski definition) is 4. The van der Waals surface area contributed by atoms with Gasteiger partial charge in [0.2, 0.25) is 0 Å². The first kappa shape index (κ1) is 15.1. The van der Waals surface area contributed by atoms with Crippen molar-refractivity contribution in [3.05, 3.63) is 23.8 Å². The summed E-state index contributed by atoms with van der Waals surface area (Å²) in [6, 6.07) is 6.11. The quantitative estimate of drug-likeness (QED) is 0.869. The predicted octanol–water partition coefficient (Wildman–Crippen LogP) is 2.75. The molecule has 20 heavy (non-hydrogen) atoms. The zero-order chi connectivity index (χ0) is 14.4. The third-order valence-corrected chi connectivity index (χ3v) is 3.84. The van der Waals surface area contributed by atoms with Crippen molar-refractivity contribution in [3.63, 3.8) is 0 Å². The topological polar surface area (TPSA) is 39.7 Å². The van der Waals surface area contributed by atoms with Crippen molar-refractivity contribution < 1.29 is 14.2 Å². The first-order chi connectivity index (χ1) is 9.67. The maximum Gasteiger partial charge on any atom is 0.161 e. The van der Waals surface area contributed by atoms with Crippen LogP contribution in [-0.2, 0) is 11.3 Å². The van der Waals surface area contributed by atoms with Gasteiger partial charge in [-0.3, -0.25) is 0 Å². The Bertz CT molecular complexity index is 428. The lowest BCUT2D eigenvalue weighted by Crippen LogP contribution is -2.46. The van der Waals surface area contributed by atoms with Crippen molar-refractivity contribution >= 4 is 0 Å². The van der Waals surface area contributed by atoms with Crippen LogP contribution in [0.25, 0.3) is 0 Å². The van der Waals surface area contributed by atoms with Gasteiger partial charge in [-0.05, 0) is 44.4 Å². The van der Waals surface area contributed by atoms with E-state index in [1.807, 2.05) is 19.1 Å². The highest BCUT2D eigenvalue weighted by molar-refractivity contribution is 5.43. The van der Waals surface area contributed by atoms with E-state index < -0.39 is 0 Å². The van der Waals surface area contributed by atoms with E-state index in [1.165, 1.54) is 5.56 Å². The average molecular weight is 279 g/mol. The number of benzene rings is 1. The lowest BCUT2D eigenvalue weighted by molar-refractivity contribution is 0.0446. The third kappa shape index (κ3) is 3.87. The average Bonchev–Trinajstić information content (AvgIpc) is 2.47. The van der Waals surface area contributed by atoms with Crippen LogP contribution < -0.4 is 14.8 Å². The molecule has 1 aromatic rings. The summed E-state index contributed by atoms with van der Waals surface area (Å²) in [7, 11) is 1.68. The van der Waals surface area contributed by atoms with E-state index >= 15 is 0 Å². The normalized spacial score (nSPS) is 17.8. The molecule has 0 radical (unpaired) electrons. The molecular weight excluding hydrogens is 254 g/mol. The summed E-state index contributed by atoms with van der Waals surface area (Å²) in [6.45, 7) is 7.40. The summed E-state index contributed by atoms with van der Waals surface area (Å²) in [6.07, 6.45) is 2.11. The van der Waals surface area contributed by atoms with Gasteiger partial charge in [0.05, 0.1) is 13.7 Å². The Balaban J connectivity index is 1.98. The zero-order valence-corrected chi connectivity index (χ0v) is 12.7. The fourth-order valence-corrected chi connectivity index (χ4v) is 2.41. The summed E-state index contributed by atoms with van der Waals surface area (Å²) < 4.78 is 16.3. The number of rotatable bonds is 6. The van der Waals surface area contributed by atoms with Gasteiger partial charge >= 0.3 is 0 Å². The standard InChI is InChI=1S/C16H25NO3/c1-4-20-14-6-5-13(11-15(14)18-3)12-17-16(2)7-9-19-10-8-16/h5-6,11,17H,4,7-10,12H2,1-3H3. The van der Waals surface area contributed by atoms with E-state index in [-0.39, 0.29) is 5.54 Å². The minimum absolute atomic E-state index is 0.171. The first-order valence-corrected chi connectivity index (χ1v) is 7.29. The van der Waals surface area contributed by atoms with Gasteiger partial charge in [-0.15, -0.1) is 0 Å². The summed E-state index contributed by atoms with van der Waals surface area (Å²) in [5, 5.41) is 3.64. The fourth-order valence-electron chi connectivity index (χ4n) is 2.41. The lowest BCUT2D eigenvalue weighted by atomic mass is 9.92. The molecule has 0 aromatic heterocycles. The first-order valence-electron chi connectivity index (χ1n) is 7.29. The molecule has 1 aliphatic rings. The smallest absolute Gasteiger partial charge is 0.161 e. The molecule has 1 heterocycles. The van der Waals surface area contributed by atoms with Crippen molar-refractivity contribution in [2.45, 2.75) is 38.8 Å². The van der Waals surface area contributed by atoms with Crippen molar-refractivity contribution in [3.8, 4) is 11.5 Å². The van der Waals surface area contributed by atoms with Crippen LogP contribution in [0.2, 0.25) is 0 Å².